The summed E-state index contributed by atoms with van der Waals surface area (Å²) in [6.45, 7) is 2.05. The molecule has 0 spiro atoms. The average molecular weight is 110 g/mol. The molecule has 0 saturated heterocycles. The van der Waals surface area contributed by atoms with Crippen LogP contribution in [0.5, 0.6) is 0 Å². The molecule has 1 nitrogen and oxygen atoms in total. The van der Waals surface area contributed by atoms with E-state index in [4.69, 9.17) is 0 Å². The number of carbonyl (C=O) groups is 1. The van der Waals surface area contributed by atoms with E-state index in [0.29, 0.717) is 11.7 Å². The van der Waals surface area contributed by atoms with Crippen LogP contribution < -0.4 is 0 Å². The van der Waals surface area contributed by atoms with Crippen molar-refractivity contribution in [1.82, 2.24) is 0 Å². The number of hydrogen-bond acceptors (Lipinski definition) is 1. The summed E-state index contributed by atoms with van der Waals surface area (Å²) >= 11 is 0. The van der Waals surface area contributed by atoms with Crippen molar-refractivity contribution in [3.8, 4) is 0 Å². The maximum absolute atomic E-state index is 10.7. The molecule has 1 atom stereocenters. The molecule has 0 unspecified atom stereocenters. The van der Waals surface area contributed by atoms with E-state index in [-0.39, 0.29) is 0 Å². The third kappa shape index (κ3) is 0.808. The van der Waals surface area contributed by atoms with E-state index in [2.05, 4.69) is 6.92 Å². The van der Waals surface area contributed by atoms with Crippen molar-refractivity contribution in [1.29, 1.82) is 0 Å². The molecule has 44 valence electrons. The van der Waals surface area contributed by atoms with Gasteiger partial charge in [-0.3, -0.25) is 4.79 Å². The summed E-state index contributed by atoms with van der Waals surface area (Å²) in [4.78, 5) is 10.7. The Morgan fingerprint density at radius 3 is 2.88 bits per heavy atom. The van der Waals surface area contributed by atoms with Gasteiger partial charge in [-0.2, -0.15) is 0 Å². The van der Waals surface area contributed by atoms with Gasteiger partial charge in [0.25, 0.3) is 0 Å². The van der Waals surface area contributed by atoms with Crippen LogP contribution in [-0.2, 0) is 4.79 Å². The van der Waals surface area contributed by atoms with Crippen molar-refractivity contribution in [2.24, 2.45) is 5.92 Å². The zero-order valence-electron chi connectivity index (χ0n) is 5.05. The molecule has 0 aromatic rings. The van der Waals surface area contributed by atoms with Crippen molar-refractivity contribution < 1.29 is 4.79 Å². The molecule has 0 radical (unpaired) electrons. The molecule has 0 heterocycles. The number of carbonyl (C=O) groups excluding carboxylic acids is 1. The Morgan fingerprint density at radius 2 is 2.62 bits per heavy atom. The Bertz CT molecular complexity index is 124. The molecule has 1 aliphatic rings. The minimum Gasteiger partial charge on any atom is -0.295 e. The number of ketones is 1. The molecule has 1 aliphatic carbocycles. The molecule has 1 rings (SSSR count). The van der Waals surface area contributed by atoms with Crippen LogP contribution in [0.3, 0.4) is 0 Å². The van der Waals surface area contributed by atoms with Gasteiger partial charge in [-0.05, 0) is 18.9 Å². The van der Waals surface area contributed by atoms with Crippen LogP contribution in [0.2, 0.25) is 0 Å². The Hall–Kier alpha value is -0.590. The van der Waals surface area contributed by atoms with Gasteiger partial charge in [-0.25, -0.2) is 0 Å². The maximum atomic E-state index is 10.7. The van der Waals surface area contributed by atoms with Crippen molar-refractivity contribution >= 4 is 5.78 Å². The van der Waals surface area contributed by atoms with E-state index < -0.39 is 0 Å². The molecule has 0 aliphatic heterocycles. The van der Waals surface area contributed by atoms with Crippen LogP contribution in [0.1, 0.15) is 19.8 Å². The average Bonchev–Trinajstić information content (AvgIpc) is 2.14. The van der Waals surface area contributed by atoms with Gasteiger partial charge in [0.2, 0.25) is 0 Å². The molecule has 0 aromatic heterocycles. The minimum absolute atomic E-state index is 0.313. The zero-order valence-corrected chi connectivity index (χ0v) is 5.05. The van der Waals surface area contributed by atoms with Gasteiger partial charge in [0.05, 0.1) is 0 Å². The maximum Gasteiger partial charge on any atom is 0.158 e. The summed E-state index contributed by atoms with van der Waals surface area (Å²) in [5.74, 6) is 0.627. The lowest BCUT2D eigenvalue weighted by molar-refractivity contribution is -0.117. The van der Waals surface area contributed by atoms with Gasteiger partial charge in [-0.15, -0.1) is 0 Å². The zero-order chi connectivity index (χ0) is 5.98. The molecule has 0 N–H and O–H groups in total. The van der Waals surface area contributed by atoms with Crippen LogP contribution in [0, 0.1) is 5.92 Å². The Morgan fingerprint density at radius 1 is 1.88 bits per heavy atom. The molecule has 0 saturated carbocycles. The van der Waals surface area contributed by atoms with E-state index >= 15 is 0 Å². The Labute approximate surface area is 49.4 Å². The van der Waals surface area contributed by atoms with E-state index in [1.165, 1.54) is 0 Å². The fourth-order valence-corrected chi connectivity index (χ4v) is 0.969. The van der Waals surface area contributed by atoms with E-state index in [1.807, 2.05) is 6.08 Å². The van der Waals surface area contributed by atoms with Crippen LogP contribution in [0.25, 0.3) is 0 Å². The number of allylic oxidation sites excluding steroid dienone is 2. The smallest absolute Gasteiger partial charge is 0.158 e. The third-order valence-corrected chi connectivity index (χ3v) is 1.60. The third-order valence-electron chi connectivity index (χ3n) is 1.60. The Balaban J connectivity index is 2.51. The van der Waals surface area contributed by atoms with Gasteiger partial charge in [0, 0.05) is 5.92 Å². The molecule has 1 heteroatoms. The van der Waals surface area contributed by atoms with E-state index in [1.54, 1.807) is 6.08 Å². The van der Waals surface area contributed by atoms with Crippen molar-refractivity contribution in [2.75, 3.05) is 0 Å². The highest BCUT2D eigenvalue weighted by atomic mass is 16.1. The molecule has 0 amide bonds. The van der Waals surface area contributed by atoms with Gasteiger partial charge in [0.15, 0.2) is 5.78 Å². The SMILES string of the molecule is CC[C@@H]1CC=CC1=O. The highest BCUT2D eigenvalue weighted by molar-refractivity contribution is 5.93. The highest BCUT2D eigenvalue weighted by Gasteiger charge is 2.15. The summed E-state index contributed by atoms with van der Waals surface area (Å²) in [5, 5.41) is 0. The van der Waals surface area contributed by atoms with Crippen LogP contribution in [0.4, 0.5) is 0 Å². The lowest BCUT2D eigenvalue weighted by Gasteiger charge is -1.99. The van der Waals surface area contributed by atoms with E-state index in [0.717, 1.165) is 12.8 Å². The van der Waals surface area contributed by atoms with Crippen molar-refractivity contribution in [3.63, 3.8) is 0 Å². The quantitative estimate of drug-likeness (QED) is 0.500. The van der Waals surface area contributed by atoms with Gasteiger partial charge >= 0.3 is 0 Å². The molecule has 0 bridgehead atoms. The number of hydrogen-bond donors (Lipinski definition) is 0. The van der Waals surface area contributed by atoms with Gasteiger partial charge < -0.3 is 0 Å². The fourth-order valence-electron chi connectivity index (χ4n) is 0.969. The van der Waals surface area contributed by atoms with Crippen LogP contribution in [-0.4, -0.2) is 5.78 Å². The molecular weight excluding hydrogens is 100 g/mol. The Kier molecular flexibility index (Phi) is 1.47. The van der Waals surface area contributed by atoms with E-state index in [9.17, 15) is 4.79 Å². The summed E-state index contributed by atoms with van der Waals surface area (Å²) in [7, 11) is 0. The van der Waals surface area contributed by atoms with Crippen molar-refractivity contribution in [2.45, 2.75) is 19.8 Å². The largest absolute Gasteiger partial charge is 0.295 e. The minimum atomic E-state index is 0.313. The van der Waals surface area contributed by atoms with Gasteiger partial charge in [-0.1, -0.05) is 13.0 Å². The van der Waals surface area contributed by atoms with Crippen molar-refractivity contribution in [3.05, 3.63) is 12.2 Å². The lowest BCUT2D eigenvalue weighted by Crippen LogP contribution is -2.03. The lowest BCUT2D eigenvalue weighted by atomic mass is 10.0. The molecule has 0 aromatic carbocycles. The predicted molar refractivity (Wildman–Crippen MR) is 32.5 cm³/mol. The standard InChI is InChI=1S/C7H10O/c1-2-6-4-3-5-7(6)8/h3,5-6H,2,4H2,1H3/t6-/m1/s1. The number of rotatable bonds is 1. The normalized spacial score (nSPS) is 27.1. The van der Waals surface area contributed by atoms with Crippen LogP contribution in [0.15, 0.2) is 12.2 Å². The van der Waals surface area contributed by atoms with Crippen LogP contribution >= 0.6 is 0 Å². The van der Waals surface area contributed by atoms with Gasteiger partial charge in [0.1, 0.15) is 0 Å². The fraction of sp³-hybridized carbons (Fsp3) is 0.571. The second-order valence-corrected chi connectivity index (χ2v) is 2.15. The highest BCUT2D eigenvalue weighted by Crippen LogP contribution is 2.16. The summed E-state index contributed by atoms with van der Waals surface area (Å²) in [6, 6.07) is 0. The predicted octanol–water partition coefficient (Wildman–Crippen LogP) is 1.54. The first-order valence-electron chi connectivity index (χ1n) is 3.05. The topological polar surface area (TPSA) is 17.1 Å². The summed E-state index contributed by atoms with van der Waals surface area (Å²) < 4.78 is 0. The summed E-state index contributed by atoms with van der Waals surface area (Å²) in [6.07, 6.45) is 5.60. The first-order chi connectivity index (χ1) is 3.84. The second-order valence-electron chi connectivity index (χ2n) is 2.15. The first-order valence-corrected chi connectivity index (χ1v) is 3.05. The second kappa shape index (κ2) is 2.12. The monoisotopic (exact) mass is 110 g/mol. The molecule has 0 fully saturated rings. The first kappa shape index (κ1) is 5.54. The molecular formula is C7H10O. The summed E-state index contributed by atoms with van der Waals surface area (Å²) in [5.41, 5.74) is 0. The molecule has 8 heavy (non-hydrogen) atoms.